The van der Waals surface area contributed by atoms with Crippen LogP contribution in [0.3, 0.4) is 0 Å². The first-order valence-corrected chi connectivity index (χ1v) is 6.21. The quantitative estimate of drug-likeness (QED) is 0.884. The van der Waals surface area contributed by atoms with Crippen LogP contribution in [0.25, 0.3) is 4.96 Å². The van der Waals surface area contributed by atoms with Crippen LogP contribution in [0.5, 0.6) is 0 Å². The molecule has 0 radical (unpaired) electrons. The van der Waals surface area contributed by atoms with Gasteiger partial charge < -0.3 is 5.32 Å². The van der Waals surface area contributed by atoms with Gasteiger partial charge in [-0.05, 0) is 5.92 Å². The number of fused-ring (bicyclic) bond motifs is 1. The normalized spacial score (nSPS) is 11.2. The van der Waals surface area contributed by atoms with Gasteiger partial charge in [0.25, 0.3) is 0 Å². The van der Waals surface area contributed by atoms with E-state index in [9.17, 15) is 4.79 Å². The Bertz CT molecular complexity index is 486. The van der Waals surface area contributed by atoms with Crippen LogP contribution in [0.4, 0.5) is 0 Å². The van der Waals surface area contributed by atoms with Crippen molar-refractivity contribution in [1.82, 2.24) is 14.7 Å². The zero-order chi connectivity index (χ0) is 11.5. The molecule has 0 atom stereocenters. The van der Waals surface area contributed by atoms with E-state index in [1.165, 1.54) is 0 Å². The smallest absolute Gasteiger partial charge is 0.220 e. The average Bonchev–Trinajstić information content (AvgIpc) is 2.75. The highest BCUT2D eigenvalue weighted by molar-refractivity contribution is 7.15. The number of nitrogens with one attached hydrogen (secondary N) is 1. The minimum absolute atomic E-state index is 0.106. The molecule has 16 heavy (non-hydrogen) atoms. The molecule has 0 unspecified atom stereocenters. The van der Waals surface area contributed by atoms with Gasteiger partial charge in [-0.1, -0.05) is 13.8 Å². The lowest BCUT2D eigenvalue weighted by molar-refractivity contribution is -0.121. The summed E-state index contributed by atoms with van der Waals surface area (Å²) in [6.45, 7) is 4.65. The molecule has 0 saturated carbocycles. The van der Waals surface area contributed by atoms with E-state index in [0.29, 0.717) is 18.9 Å². The van der Waals surface area contributed by atoms with Crippen LogP contribution in [0.1, 0.15) is 26.0 Å². The van der Waals surface area contributed by atoms with E-state index in [-0.39, 0.29) is 5.91 Å². The van der Waals surface area contributed by atoms with Gasteiger partial charge in [0.05, 0.1) is 12.2 Å². The Morgan fingerprint density at radius 3 is 3.19 bits per heavy atom. The summed E-state index contributed by atoms with van der Waals surface area (Å²) >= 11 is 1.59. The predicted octanol–water partition coefficient (Wildman–Crippen LogP) is 2.06. The van der Waals surface area contributed by atoms with Gasteiger partial charge in [-0.3, -0.25) is 9.20 Å². The van der Waals surface area contributed by atoms with Gasteiger partial charge in [0, 0.05) is 24.2 Å². The lowest BCUT2D eigenvalue weighted by Gasteiger charge is -2.06. The molecule has 2 heterocycles. The van der Waals surface area contributed by atoms with Crippen molar-refractivity contribution in [3.05, 3.63) is 23.5 Å². The van der Waals surface area contributed by atoms with Crippen molar-refractivity contribution in [2.24, 2.45) is 5.92 Å². The third-order valence-corrected chi connectivity index (χ3v) is 3.18. The van der Waals surface area contributed by atoms with E-state index in [0.717, 1.165) is 10.7 Å². The molecule has 0 spiro atoms. The fraction of sp³-hybridized carbons (Fsp3) is 0.455. The molecule has 2 aromatic rings. The highest BCUT2D eigenvalue weighted by Crippen LogP contribution is 2.14. The SMILES string of the molecule is CC(C)CC(=O)NCc1csc2nccn12. The maximum absolute atomic E-state index is 11.5. The van der Waals surface area contributed by atoms with Gasteiger partial charge >= 0.3 is 0 Å². The molecule has 0 aromatic carbocycles. The maximum Gasteiger partial charge on any atom is 0.220 e. The molecule has 0 saturated heterocycles. The Morgan fingerprint density at radius 1 is 1.62 bits per heavy atom. The molecule has 1 N–H and O–H groups in total. The summed E-state index contributed by atoms with van der Waals surface area (Å²) in [6, 6.07) is 0. The summed E-state index contributed by atoms with van der Waals surface area (Å²) in [7, 11) is 0. The van der Waals surface area contributed by atoms with Gasteiger partial charge in [-0.15, -0.1) is 11.3 Å². The van der Waals surface area contributed by atoms with Crippen molar-refractivity contribution >= 4 is 22.2 Å². The summed E-state index contributed by atoms with van der Waals surface area (Å²) in [6.07, 6.45) is 4.26. The second kappa shape index (κ2) is 4.65. The third-order valence-electron chi connectivity index (χ3n) is 2.28. The van der Waals surface area contributed by atoms with E-state index >= 15 is 0 Å². The Morgan fingerprint density at radius 2 is 2.44 bits per heavy atom. The van der Waals surface area contributed by atoms with Gasteiger partial charge in [0.2, 0.25) is 5.91 Å². The summed E-state index contributed by atoms with van der Waals surface area (Å²) < 4.78 is 2.00. The van der Waals surface area contributed by atoms with Crippen LogP contribution in [0.2, 0.25) is 0 Å². The average molecular weight is 237 g/mol. The van der Waals surface area contributed by atoms with Gasteiger partial charge in [-0.2, -0.15) is 0 Å². The number of amides is 1. The zero-order valence-corrected chi connectivity index (χ0v) is 10.3. The number of hydrogen-bond donors (Lipinski definition) is 1. The topological polar surface area (TPSA) is 46.4 Å². The first kappa shape index (κ1) is 11.1. The number of carbonyl (C=O) groups is 1. The van der Waals surface area contributed by atoms with Crippen LogP contribution in [-0.4, -0.2) is 15.3 Å². The van der Waals surface area contributed by atoms with Crippen molar-refractivity contribution < 1.29 is 4.79 Å². The van der Waals surface area contributed by atoms with Crippen molar-refractivity contribution in [2.45, 2.75) is 26.8 Å². The molecule has 5 heteroatoms. The first-order chi connectivity index (χ1) is 7.66. The number of hydrogen-bond acceptors (Lipinski definition) is 3. The van der Waals surface area contributed by atoms with Crippen LogP contribution in [-0.2, 0) is 11.3 Å². The molecule has 0 bridgehead atoms. The van der Waals surface area contributed by atoms with Crippen molar-refractivity contribution in [2.75, 3.05) is 0 Å². The largest absolute Gasteiger partial charge is 0.350 e. The van der Waals surface area contributed by atoms with Crippen LogP contribution >= 0.6 is 11.3 Å². The summed E-state index contributed by atoms with van der Waals surface area (Å²) in [5.41, 5.74) is 1.08. The van der Waals surface area contributed by atoms with Crippen LogP contribution < -0.4 is 5.32 Å². The Balaban J connectivity index is 1.96. The van der Waals surface area contributed by atoms with E-state index < -0.39 is 0 Å². The Hall–Kier alpha value is -1.36. The number of carbonyl (C=O) groups excluding carboxylic acids is 1. The number of aromatic nitrogens is 2. The van der Waals surface area contributed by atoms with E-state index in [1.54, 1.807) is 17.5 Å². The van der Waals surface area contributed by atoms with Crippen LogP contribution in [0, 0.1) is 5.92 Å². The first-order valence-electron chi connectivity index (χ1n) is 5.33. The predicted molar refractivity (Wildman–Crippen MR) is 64.4 cm³/mol. The van der Waals surface area contributed by atoms with Crippen molar-refractivity contribution in [3.8, 4) is 0 Å². The second-order valence-electron chi connectivity index (χ2n) is 4.18. The van der Waals surface area contributed by atoms with Crippen molar-refractivity contribution in [3.63, 3.8) is 0 Å². The number of rotatable bonds is 4. The molecular weight excluding hydrogens is 222 g/mol. The standard InChI is InChI=1S/C11H15N3OS/c1-8(2)5-10(15)13-6-9-7-16-11-12-3-4-14(9)11/h3-4,7-8H,5-6H2,1-2H3,(H,13,15). The highest BCUT2D eigenvalue weighted by atomic mass is 32.1. The molecule has 0 aliphatic rings. The lowest BCUT2D eigenvalue weighted by Crippen LogP contribution is -2.24. The number of imidazole rings is 1. The molecule has 2 aromatic heterocycles. The van der Waals surface area contributed by atoms with Gasteiger partial charge in [-0.25, -0.2) is 4.98 Å². The Kier molecular flexibility index (Phi) is 3.24. The zero-order valence-electron chi connectivity index (χ0n) is 9.43. The van der Waals surface area contributed by atoms with Crippen molar-refractivity contribution in [1.29, 1.82) is 0 Å². The fourth-order valence-corrected chi connectivity index (χ4v) is 2.38. The summed E-state index contributed by atoms with van der Waals surface area (Å²) in [5, 5.41) is 4.94. The second-order valence-corrected chi connectivity index (χ2v) is 5.02. The summed E-state index contributed by atoms with van der Waals surface area (Å²) in [4.78, 5) is 16.6. The molecule has 0 aliphatic carbocycles. The lowest BCUT2D eigenvalue weighted by atomic mass is 10.1. The molecule has 86 valence electrons. The van der Waals surface area contributed by atoms with Gasteiger partial charge in [0.15, 0.2) is 4.96 Å². The molecule has 4 nitrogen and oxygen atoms in total. The molecule has 1 amide bonds. The van der Waals surface area contributed by atoms with E-state index in [2.05, 4.69) is 10.3 Å². The monoisotopic (exact) mass is 237 g/mol. The number of thiazole rings is 1. The van der Waals surface area contributed by atoms with E-state index in [4.69, 9.17) is 0 Å². The minimum Gasteiger partial charge on any atom is -0.350 e. The van der Waals surface area contributed by atoms with Crippen LogP contribution in [0.15, 0.2) is 17.8 Å². The van der Waals surface area contributed by atoms with Gasteiger partial charge in [0.1, 0.15) is 0 Å². The highest BCUT2D eigenvalue weighted by Gasteiger charge is 2.07. The maximum atomic E-state index is 11.5. The number of nitrogens with zero attached hydrogens (tertiary/aromatic N) is 2. The molecular formula is C11H15N3OS. The fourth-order valence-electron chi connectivity index (χ4n) is 1.53. The molecule has 0 aliphatic heterocycles. The molecule has 0 fully saturated rings. The van der Waals surface area contributed by atoms with E-state index in [1.807, 2.05) is 29.8 Å². The third kappa shape index (κ3) is 2.41. The molecule has 2 rings (SSSR count). The summed E-state index contributed by atoms with van der Waals surface area (Å²) in [5.74, 6) is 0.505. The minimum atomic E-state index is 0.106. The Labute approximate surface area is 98.3 Å².